The van der Waals surface area contributed by atoms with Crippen molar-refractivity contribution in [3.63, 3.8) is 0 Å². The Kier molecular flexibility index (Phi) is 4.02. The Morgan fingerprint density at radius 1 is 1.11 bits per heavy atom. The van der Waals surface area contributed by atoms with E-state index >= 15 is 0 Å². The second-order valence-electron chi connectivity index (χ2n) is 6.32. The highest BCUT2D eigenvalue weighted by molar-refractivity contribution is 5.88. The van der Waals surface area contributed by atoms with Crippen LogP contribution in [0.15, 0.2) is 18.2 Å². The number of nitrogens with two attached hydrogens (primary N) is 1. The number of hydrogen-bond donors (Lipinski definition) is 1. The average Bonchev–Trinajstić information content (AvgIpc) is 2.21. The zero-order chi connectivity index (χ0) is 14.1. The van der Waals surface area contributed by atoms with Crippen molar-refractivity contribution >= 4 is 5.78 Å². The highest BCUT2D eigenvalue weighted by atomic mass is 16.1. The predicted octanol–water partition coefficient (Wildman–Crippen LogP) is 3.18. The molecule has 2 nitrogen and oxygen atoms in total. The first-order chi connectivity index (χ1) is 8.07. The van der Waals surface area contributed by atoms with Crippen molar-refractivity contribution in [3.8, 4) is 0 Å². The van der Waals surface area contributed by atoms with E-state index in [4.69, 9.17) is 5.73 Å². The molecular weight excluding hydrogens is 222 g/mol. The molecule has 18 heavy (non-hydrogen) atoms. The third-order valence-corrected chi connectivity index (χ3v) is 4.29. The average molecular weight is 247 g/mol. The van der Waals surface area contributed by atoms with E-state index in [9.17, 15) is 4.79 Å². The van der Waals surface area contributed by atoms with Gasteiger partial charge in [0.2, 0.25) is 0 Å². The molecule has 0 fully saturated rings. The van der Waals surface area contributed by atoms with Gasteiger partial charge in [0.15, 0.2) is 0 Å². The first kappa shape index (κ1) is 14.9. The van der Waals surface area contributed by atoms with Crippen molar-refractivity contribution in [3.05, 3.63) is 34.9 Å². The van der Waals surface area contributed by atoms with Crippen molar-refractivity contribution in [1.82, 2.24) is 0 Å². The fraction of sp³-hybridized carbons (Fsp3) is 0.562. The van der Waals surface area contributed by atoms with Gasteiger partial charge >= 0.3 is 0 Å². The third kappa shape index (κ3) is 2.81. The zero-order valence-corrected chi connectivity index (χ0v) is 12.4. The molecule has 0 atom stereocenters. The van der Waals surface area contributed by atoms with Crippen LogP contribution in [-0.4, -0.2) is 11.3 Å². The molecule has 0 saturated carbocycles. The fourth-order valence-electron chi connectivity index (χ4n) is 1.87. The normalized spacial score (nSPS) is 12.6. The summed E-state index contributed by atoms with van der Waals surface area (Å²) in [5.41, 5.74) is 8.57. The molecule has 2 N–H and O–H groups in total. The van der Waals surface area contributed by atoms with E-state index in [1.165, 1.54) is 11.1 Å². The summed E-state index contributed by atoms with van der Waals surface area (Å²) in [7, 11) is 0. The Hall–Kier alpha value is -1.15. The number of rotatable bonds is 4. The van der Waals surface area contributed by atoms with Gasteiger partial charge in [0.05, 0.1) is 0 Å². The maximum absolute atomic E-state index is 12.5. The van der Waals surface area contributed by atoms with Gasteiger partial charge in [-0.1, -0.05) is 32.0 Å². The number of benzene rings is 1. The largest absolute Gasteiger partial charge is 0.325 e. The molecule has 0 radical (unpaired) electrons. The summed E-state index contributed by atoms with van der Waals surface area (Å²) in [6.45, 7) is 11.8. The van der Waals surface area contributed by atoms with E-state index in [1.54, 1.807) is 0 Å². The number of carbonyl (C=O) groups is 1. The van der Waals surface area contributed by atoms with Crippen molar-refractivity contribution in [2.45, 2.75) is 53.5 Å². The molecule has 0 aliphatic heterocycles. The lowest BCUT2D eigenvalue weighted by atomic mass is 9.70. The summed E-state index contributed by atoms with van der Waals surface area (Å²) in [6.07, 6.45) is 0.464. The summed E-state index contributed by atoms with van der Waals surface area (Å²) in [4.78, 5) is 12.5. The van der Waals surface area contributed by atoms with Crippen molar-refractivity contribution in [2.24, 2.45) is 11.1 Å². The molecule has 1 aromatic rings. The van der Waals surface area contributed by atoms with Gasteiger partial charge < -0.3 is 5.73 Å². The van der Waals surface area contributed by atoms with Gasteiger partial charge in [0.1, 0.15) is 5.78 Å². The number of ketones is 1. The van der Waals surface area contributed by atoms with Gasteiger partial charge in [-0.05, 0) is 44.4 Å². The first-order valence-corrected chi connectivity index (χ1v) is 6.44. The Morgan fingerprint density at radius 2 is 1.56 bits per heavy atom. The van der Waals surface area contributed by atoms with Crippen molar-refractivity contribution < 1.29 is 4.79 Å². The van der Waals surface area contributed by atoms with E-state index in [0.717, 1.165) is 5.56 Å². The minimum absolute atomic E-state index is 0.201. The Bertz CT molecular complexity index is 432. The lowest BCUT2D eigenvalue weighted by Gasteiger charge is -2.37. The minimum Gasteiger partial charge on any atom is -0.325 e. The Morgan fingerprint density at radius 3 is 1.94 bits per heavy atom. The van der Waals surface area contributed by atoms with Crippen LogP contribution in [0.4, 0.5) is 0 Å². The number of Topliss-reactive ketones (excluding diaryl/α,β-unsaturated/α-hetero) is 1. The third-order valence-electron chi connectivity index (χ3n) is 4.29. The van der Waals surface area contributed by atoms with E-state index in [1.807, 2.05) is 33.8 Å². The molecule has 0 aliphatic carbocycles. The van der Waals surface area contributed by atoms with Crippen LogP contribution in [0.3, 0.4) is 0 Å². The second kappa shape index (κ2) is 4.85. The van der Waals surface area contributed by atoms with Gasteiger partial charge in [-0.15, -0.1) is 0 Å². The monoisotopic (exact) mass is 247 g/mol. The van der Waals surface area contributed by atoms with E-state index in [2.05, 4.69) is 26.0 Å². The van der Waals surface area contributed by atoms with Gasteiger partial charge in [-0.2, -0.15) is 0 Å². The molecule has 0 bridgehead atoms. The van der Waals surface area contributed by atoms with Crippen LogP contribution >= 0.6 is 0 Å². The van der Waals surface area contributed by atoms with Gasteiger partial charge in [0, 0.05) is 17.4 Å². The highest BCUT2D eigenvalue weighted by Crippen LogP contribution is 2.31. The van der Waals surface area contributed by atoms with Crippen LogP contribution in [0.2, 0.25) is 0 Å². The smallest absolute Gasteiger partial charge is 0.144 e. The summed E-state index contributed by atoms with van der Waals surface area (Å²) in [6, 6.07) is 6.13. The van der Waals surface area contributed by atoms with Crippen LogP contribution in [0, 0.1) is 19.3 Å². The lowest BCUT2D eigenvalue weighted by molar-refractivity contribution is -0.129. The van der Waals surface area contributed by atoms with Crippen molar-refractivity contribution in [2.75, 3.05) is 0 Å². The summed E-state index contributed by atoms with van der Waals surface area (Å²) in [5, 5.41) is 0. The Labute approximate surface area is 111 Å². The van der Waals surface area contributed by atoms with Crippen molar-refractivity contribution in [1.29, 1.82) is 0 Å². The Balaban J connectivity index is 3.03. The quantitative estimate of drug-likeness (QED) is 0.888. The fourth-order valence-corrected chi connectivity index (χ4v) is 1.87. The first-order valence-electron chi connectivity index (χ1n) is 6.44. The molecule has 0 aromatic heterocycles. The van der Waals surface area contributed by atoms with Crippen LogP contribution in [0.25, 0.3) is 0 Å². The van der Waals surface area contributed by atoms with E-state index < -0.39 is 11.0 Å². The molecular formula is C16H25NO. The topological polar surface area (TPSA) is 43.1 Å². The standard InChI is InChI=1S/C16H25NO/c1-11-8-7-9-12(2)13(11)10-14(18)15(3,4)16(5,6)17/h7-9H,10,17H2,1-6H3. The number of carbonyl (C=O) groups excluding carboxylic acids is 1. The van der Waals surface area contributed by atoms with Gasteiger partial charge in [0.25, 0.3) is 0 Å². The maximum atomic E-state index is 12.5. The summed E-state index contributed by atoms with van der Waals surface area (Å²) in [5.74, 6) is 0.201. The molecule has 0 unspecified atom stereocenters. The van der Waals surface area contributed by atoms with E-state index in [-0.39, 0.29) is 5.78 Å². The SMILES string of the molecule is Cc1cccc(C)c1CC(=O)C(C)(C)C(C)(C)N. The highest BCUT2D eigenvalue weighted by Gasteiger charge is 2.39. The molecule has 1 rings (SSSR count). The number of hydrogen-bond acceptors (Lipinski definition) is 2. The molecule has 1 aromatic carbocycles. The second-order valence-corrected chi connectivity index (χ2v) is 6.32. The molecule has 0 heterocycles. The van der Waals surface area contributed by atoms with Gasteiger partial charge in [-0.25, -0.2) is 0 Å². The molecule has 100 valence electrons. The maximum Gasteiger partial charge on any atom is 0.144 e. The molecule has 0 spiro atoms. The van der Waals surface area contributed by atoms with Crippen LogP contribution in [-0.2, 0) is 11.2 Å². The minimum atomic E-state index is -0.526. The molecule has 2 heteroatoms. The van der Waals surface area contributed by atoms with Crippen LogP contribution in [0.5, 0.6) is 0 Å². The summed E-state index contributed by atoms with van der Waals surface area (Å²) < 4.78 is 0. The molecule has 0 saturated heterocycles. The zero-order valence-electron chi connectivity index (χ0n) is 12.4. The summed E-state index contributed by atoms with van der Waals surface area (Å²) >= 11 is 0. The number of aryl methyl sites for hydroxylation is 2. The van der Waals surface area contributed by atoms with E-state index in [0.29, 0.717) is 6.42 Å². The lowest BCUT2D eigenvalue weighted by Crippen LogP contribution is -2.52. The van der Waals surface area contributed by atoms with Crippen LogP contribution in [0.1, 0.15) is 44.4 Å². The molecule has 0 aliphatic rings. The van der Waals surface area contributed by atoms with Gasteiger partial charge in [-0.3, -0.25) is 4.79 Å². The predicted molar refractivity (Wildman–Crippen MR) is 76.7 cm³/mol. The van der Waals surface area contributed by atoms with Crippen LogP contribution < -0.4 is 5.73 Å². The molecule has 0 amide bonds.